The Balaban J connectivity index is 1.67. The maximum atomic E-state index is 13.2. The number of carbonyl (C=O) groups is 2. The summed E-state index contributed by atoms with van der Waals surface area (Å²) in [4.78, 5) is 28.6. The minimum atomic E-state index is -3.77. The van der Waals surface area contributed by atoms with Crippen molar-refractivity contribution < 1.29 is 18.0 Å². The molecule has 8 nitrogen and oxygen atoms in total. The largest absolute Gasteiger partial charge is 0.352 e. The molecule has 2 heterocycles. The van der Waals surface area contributed by atoms with Crippen molar-refractivity contribution in [2.45, 2.75) is 24.7 Å². The Bertz CT molecular complexity index is 961. The molecule has 0 aromatic heterocycles. The fourth-order valence-corrected chi connectivity index (χ4v) is 6.17. The maximum absolute atomic E-state index is 13.2. The zero-order valence-electron chi connectivity index (χ0n) is 18.4. The third-order valence-corrected chi connectivity index (χ3v) is 8.23. The van der Waals surface area contributed by atoms with E-state index in [1.807, 2.05) is 11.8 Å². The molecule has 2 aliphatic rings. The number of hydrogen-bond acceptors (Lipinski definition) is 5. The van der Waals surface area contributed by atoms with Crippen LogP contribution >= 0.6 is 11.6 Å². The van der Waals surface area contributed by atoms with Crippen molar-refractivity contribution in [2.24, 2.45) is 5.92 Å². The van der Waals surface area contributed by atoms with Crippen LogP contribution in [-0.2, 0) is 14.8 Å². The Kier molecular flexibility index (Phi) is 8.32. The second-order valence-corrected chi connectivity index (χ2v) is 10.7. The molecule has 2 fully saturated rings. The summed E-state index contributed by atoms with van der Waals surface area (Å²) in [7, 11) is -3.77. The number of rotatable bonds is 7. The van der Waals surface area contributed by atoms with Crippen LogP contribution in [0.3, 0.4) is 0 Å². The quantitative estimate of drug-likeness (QED) is 0.599. The molecule has 0 spiro atoms. The van der Waals surface area contributed by atoms with E-state index >= 15 is 0 Å². The van der Waals surface area contributed by atoms with Gasteiger partial charge in [0.1, 0.15) is 4.90 Å². The highest BCUT2D eigenvalue weighted by Gasteiger charge is 2.31. The number of hydrogen-bond donors (Lipinski definition) is 1. The number of sulfonamides is 1. The van der Waals surface area contributed by atoms with Crippen LogP contribution in [-0.4, -0.2) is 86.7 Å². The van der Waals surface area contributed by atoms with Gasteiger partial charge in [0.2, 0.25) is 15.9 Å². The van der Waals surface area contributed by atoms with Crippen molar-refractivity contribution in [3.8, 4) is 0 Å². The lowest BCUT2D eigenvalue weighted by Gasteiger charge is -2.34. The van der Waals surface area contributed by atoms with Crippen LogP contribution in [0, 0.1) is 5.92 Å². The lowest BCUT2D eigenvalue weighted by molar-refractivity contribution is -0.122. The van der Waals surface area contributed by atoms with Crippen LogP contribution in [0.15, 0.2) is 35.7 Å². The number of piperazine rings is 1. The van der Waals surface area contributed by atoms with Crippen molar-refractivity contribution in [3.05, 3.63) is 41.4 Å². The van der Waals surface area contributed by atoms with Crippen molar-refractivity contribution in [2.75, 3.05) is 52.4 Å². The highest BCUT2D eigenvalue weighted by Crippen LogP contribution is 2.29. The van der Waals surface area contributed by atoms with E-state index in [1.54, 1.807) is 17.0 Å². The number of benzene rings is 1. The molecule has 1 aromatic rings. The van der Waals surface area contributed by atoms with E-state index in [-0.39, 0.29) is 34.2 Å². The van der Waals surface area contributed by atoms with Gasteiger partial charge in [-0.2, -0.15) is 4.31 Å². The average Bonchev–Trinajstić information content (AvgIpc) is 2.78. The average molecular weight is 483 g/mol. The summed E-state index contributed by atoms with van der Waals surface area (Å²) in [6.45, 7) is 9.28. The number of nitrogens with zero attached hydrogens (tertiary/aromatic N) is 3. The topological polar surface area (TPSA) is 90.0 Å². The van der Waals surface area contributed by atoms with Crippen LogP contribution in [0.5, 0.6) is 0 Å². The maximum Gasteiger partial charge on any atom is 0.253 e. The fourth-order valence-electron chi connectivity index (χ4n) is 4.07. The number of carbonyl (C=O) groups excluding carboxylic acids is 2. The number of amides is 2. The minimum absolute atomic E-state index is 0.0170. The molecule has 1 aromatic carbocycles. The second-order valence-electron chi connectivity index (χ2n) is 8.42. The molecule has 1 unspecified atom stereocenters. The third-order valence-electron chi connectivity index (χ3n) is 5.89. The summed E-state index contributed by atoms with van der Waals surface area (Å²) in [5.41, 5.74) is 0.301. The predicted molar refractivity (Wildman–Crippen MR) is 124 cm³/mol. The normalized spacial score (nSPS) is 20.7. The van der Waals surface area contributed by atoms with Gasteiger partial charge in [0.25, 0.3) is 5.91 Å². The number of piperidine rings is 1. The minimum Gasteiger partial charge on any atom is -0.352 e. The van der Waals surface area contributed by atoms with E-state index in [0.29, 0.717) is 51.4 Å². The van der Waals surface area contributed by atoms with E-state index in [0.717, 1.165) is 12.8 Å². The first kappa shape index (κ1) is 24.7. The monoisotopic (exact) mass is 482 g/mol. The summed E-state index contributed by atoms with van der Waals surface area (Å²) in [6, 6.07) is 4.45. The zero-order valence-corrected chi connectivity index (χ0v) is 20.0. The van der Waals surface area contributed by atoms with E-state index < -0.39 is 10.0 Å². The van der Waals surface area contributed by atoms with Crippen LogP contribution in [0.1, 0.15) is 30.1 Å². The Hall–Kier alpha value is -1.94. The molecule has 176 valence electrons. The highest BCUT2D eigenvalue weighted by molar-refractivity contribution is 7.89. The summed E-state index contributed by atoms with van der Waals surface area (Å²) in [5, 5.41) is 2.86. The summed E-state index contributed by atoms with van der Waals surface area (Å²) >= 11 is 6.25. The Morgan fingerprint density at radius 3 is 2.59 bits per heavy atom. The molecular weight excluding hydrogens is 452 g/mol. The van der Waals surface area contributed by atoms with Gasteiger partial charge in [-0.25, -0.2) is 8.42 Å². The first-order chi connectivity index (χ1) is 15.2. The molecule has 2 aliphatic heterocycles. The molecule has 0 radical (unpaired) electrons. The van der Waals surface area contributed by atoms with Gasteiger partial charge in [0, 0.05) is 51.4 Å². The van der Waals surface area contributed by atoms with E-state index in [4.69, 9.17) is 11.6 Å². The number of nitrogens with one attached hydrogen (secondary N) is 1. The van der Waals surface area contributed by atoms with Gasteiger partial charge in [-0.05, 0) is 37.0 Å². The Morgan fingerprint density at radius 2 is 1.94 bits per heavy atom. The van der Waals surface area contributed by atoms with Gasteiger partial charge in [-0.15, -0.1) is 6.58 Å². The van der Waals surface area contributed by atoms with Crippen LogP contribution < -0.4 is 5.32 Å². The number of halogens is 1. The molecule has 2 saturated heterocycles. The van der Waals surface area contributed by atoms with E-state index in [9.17, 15) is 18.0 Å². The smallest absolute Gasteiger partial charge is 0.253 e. The van der Waals surface area contributed by atoms with E-state index in [1.165, 1.54) is 16.4 Å². The van der Waals surface area contributed by atoms with Gasteiger partial charge in [0.15, 0.2) is 0 Å². The van der Waals surface area contributed by atoms with Gasteiger partial charge < -0.3 is 10.2 Å². The highest BCUT2D eigenvalue weighted by atomic mass is 35.5. The fraction of sp³-hybridized carbons (Fsp3) is 0.545. The molecule has 1 N–H and O–H groups in total. The molecule has 0 saturated carbocycles. The standard InChI is InChI=1S/C22H31ClN4O4S/c1-3-8-24-21(28)16-25-10-12-26(13-11-25)22(29)18-6-7-19(23)20(14-18)32(30,31)27-9-4-5-17(2)15-27/h3,6-7,14,17H,1,4-5,8-13,15-16H2,2H3,(H,24,28). The van der Waals surface area contributed by atoms with Gasteiger partial charge in [-0.3, -0.25) is 14.5 Å². The molecule has 0 bridgehead atoms. The van der Waals surface area contributed by atoms with Gasteiger partial charge >= 0.3 is 0 Å². The SMILES string of the molecule is C=CCNC(=O)CN1CCN(C(=O)c2ccc(Cl)c(S(=O)(=O)N3CCCC(C)C3)c2)CC1. The van der Waals surface area contributed by atoms with Crippen molar-refractivity contribution in [1.29, 1.82) is 0 Å². The van der Waals surface area contributed by atoms with Crippen LogP contribution in [0.4, 0.5) is 0 Å². The lowest BCUT2D eigenvalue weighted by atomic mass is 10.0. The zero-order chi connectivity index (χ0) is 23.3. The molecule has 3 rings (SSSR count). The van der Waals surface area contributed by atoms with Gasteiger partial charge in [0.05, 0.1) is 11.6 Å². The van der Waals surface area contributed by atoms with Crippen LogP contribution in [0.2, 0.25) is 5.02 Å². The first-order valence-corrected chi connectivity index (χ1v) is 12.7. The molecular formula is C22H31ClN4O4S. The summed E-state index contributed by atoms with van der Waals surface area (Å²) in [5.74, 6) is -0.0255. The molecule has 2 amide bonds. The predicted octanol–water partition coefficient (Wildman–Crippen LogP) is 1.82. The molecule has 32 heavy (non-hydrogen) atoms. The Labute approximate surface area is 195 Å². The summed E-state index contributed by atoms with van der Waals surface area (Å²) < 4.78 is 27.8. The van der Waals surface area contributed by atoms with Crippen LogP contribution in [0.25, 0.3) is 0 Å². The van der Waals surface area contributed by atoms with E-state index in [2.05, 4.69) is 11.9 Å². The van der Waals surface area contributed by atoms with Gasteiger partial charge in [-0.1, -0.05) is 24.6 Å². The molecule has 10 heteroatoms. The lowest BCUT2D eigenvalue weighted by Crippen LogP contribution is -2.51. The Morgan fingerprint density at radius 1 is 1.22 bits per heavy atom. The second kappa shape index (κ2) is 10.8. The summed E-state index contributed by atoms with van der Waals surface area (Å²) in [6.07, 6.45) is 3.44. The third kappa shape index (κ3) is 5.89. The van der Waals surface area contributed by atoms with Crippen molar-refractivity contribution in [1.82, 2.24) is 19.4 Å². The van der Waals surface area contributed by atoms with Crippen molar-refractivity contribution >= 4 is 33.4 Å². The molecule has 0 aliphatic carbocycles. The molecule has 1 atom stereocenters. The van der Waals surface area contributed by atoms with Crippen molar-refractivity contribution in [3.63, 3.8) is 0 Å². The first-order valence-electron chi connectivity index (χ1n) is 10.9.